The molecule has 1 aliphatic carbocycles. The Kier molecular flexibility index (Phi) is 6.77. The largest absolute Gasteiger partial charge is 0.495 e. The lowest BCUT2D eigenvalue weighted by Crippen LogP contribution is -2.43. The van der Waals surface area contributed by atoms with Crippen LogP contribution in [0.3, 0.4) is 0 Å². The van der Waals surface area contributed by atoms with Gasteiger partial charge in [-0.15, -0.1) is 6.42 Å². The molecule has 170 valence electrons. The fourth-order valence-electron chi connectivity index (χ4n) is 4.08. The maximum absolute atomic E-state index is 11.6. The first kappa shape index (κ1) is 23.0. The Bertz CT molecular complexity index is 1230. The molecule has 2 aromatic carbocycles. The summed E-state index contributed by atoms with van der Waals surface area (Å²) in [7, 11) is 3.07. The molecule has 1 saturated carbocycles. The van der Waals surface area contributed by atoms with Crippen LogP contribution in [0.1, 0.15) is 19.3 Å². The average molecular weight is 485 g/mol. The van der Waals surface area contributed by atoms with Crippen molar-refractivity contribution in [1.82, 2.24) is 15.3 Å². The number of methoxy groups -OCH3 is 2. The van der Waals surface area contributed by atoms with Gasteiger partial charge in [0.15, 0.2) is 0 Å². The van der Waals surface area contributed by atoms with Crippen molar-refractivity contribution in [3.8, 4) is 35.0 Å². The van der Waals surface area contributed by atoms with E-state index in [2.05, 4.69) is 26.5 Å². The SMILES string of the molecule is C#CC(=O)N[C@H]1CCC[C@H]1Nc1ncc2cc(-c3c(Cl)c(OC)cc(OC)c3Cl)ccc2n1. The van der Waals surface area contributed by atoms with Crippen molar-refractivity contribution in [2.24, 2.45) is 0 Å². The Balaban J connectivity index is 1.63. The molecule has 1 amide bonds. The zero-order valence-electron chi connectivity index (χ0n) is 18.1. The number of carbonyl (C=O) groups is 1. The van der Waals surface area contributed by atoms with Crippen molar-refractivity contribution in [3.63, 3.8) is 0 Å². The van der Waals surface area contributed by atoms with Crippen LogP contribution in [0, 0.1) is 12.3 Å². The van der Waals surface area contributed by atoms with E-state index in [1.807, 2.05) is 18.2 Å². The molecule has 1 fully saturated rings. The number of fused-ring (bicyclic) bond motifs is 1. The van der Waals surface area contributed by atoms with E-state index in [1.54, 1.807) is 12.3 Å². The predicted molar refractivity (Wildman–Crippen MR) is 130 cm³/mol. The molecule has 4 rings (SSSR count). The minimum absolute atomic E-state index is 0.0147. The van der Waals surface area contributed by atoms with Crippen LogP contribution in [0.15, 0.2) is 30.5 Å². The molecule has 1 aromatic heterocycles. The summed E-state index contributed by atoms with van der Waals surface area (Å²) in [6, 6.07) is 7.29. The second-order valence-corrected chi connectivity index (χ2v) is 8.41. The van der Waals surface area contributed by atoms with Gasteiger partial charge in [-0.05, 0) is 42.9 Å². The van der Waals surface area contributed by atoms with Gasteiger partial charge >= 0.3 is 0 Å². The van der Waals surface area contributed by atoms with Gasteiger partial charge in [-0.1, -0.05) is 29.3 Å². The van der Waals surface area contributed by atoms with E-state index in [9.17, 15) is 4.79 Å². The van der Waals surface area contributed by atoms with E-state index >= 15 is 0 Å². The number of ether oxygens (including phenoxy) is 2. The molecule has 9 heteroatoms. The highest BCUT2D eigenvalue weighted by Crippen LogP contribution is 2.46. The van der Waals surface area contributed by atoms with Crippen molar-refractivity contribution < 1.29 is 14.3 Å². The Morgan fingerprint density at radius 1 is 1.12 bits per heavy atom. The molecule has 0 radical (unpaired) electrons. The van der Waals surface area contributed by atoms with E-state index in [0.717, 1.165) is 35.7 Å². The van der Waals surface area contributed by atoms with Crippen molar-refractivity contribution in [1.29, 1.82) is 0 Å². The minimum Gasteiger partial charge on any atom is -0.495 e. The number of hydrogen-bond donors (Lipinski definition) is 2. The monoisotopic (exact) mass is 484 g/mol. The van der Waals surface area contributed by atoms with E-state index in [1.165, 1.54) is 14.2 Å². The highest BCUT2D eigenvalue weighted by molar-refractivity contribution is 6.41. The predicted octanol–water partition coefficient (Wildman–Crippen LogP) is 4.70. The van der Waals surface area contributed by atoms with Crippen LogP contribution in [0.2, 0.25) is 10.0 Å². The molecule has 1 heterocycles. The summed E-state index contributed by atoms with van der Waals surface area (Å²) in [6.07, 6.45) is 9.64. The number of amides is 1. The van der Waals surface area contributed by atoms with Gasteiger partial charge in [0.25, 0.3) is 5.91 Å². The molecular formula is C24H22Cl2N4O3. The molecule has 0 saturated heterocycles. The lowest BCUT2D eigenvalue weighted by Gasteiger charge is -2.21. The van der Waals surface area contributed by atoms with Gasteiger partial charge < -0.3 is 20.1 Å². The summed E-state index contributed by atoms with van der Waals surface area (Å²) in [6.45, 7) is 0. The lowest BCUT2D eigenvalue weighted by molar-refractivity contribution is -0.116. The van der Waals surface area contributed by atoms with Gasteiger partial charge in [0, 0.05) is 35.3 Å². The molecule has 2 atom stereocenters. The average Bonchev–Trinajstić information content (AvgIpc) is 3.25. The van der Waals surface area contributed by atoms with Gasteiger partial charge in [0.05, 0.1) is 29.8 Å². The molecule has 2 N–H and O–H groups in total. The summed E-state index contributed by atoms with van der Waals surface area (Å²) in [4.78, 5) is 20.7. The second-order valence-electron chi connectivity index (χ2n) is 7.66. The van der Waals surface area contributed by atoms with Gasteiger partial charge in [-0.2, -0.15) is 0 Å². The number of nitrogens with zero attached hydrogens (tertiary/aromatic N) is 2. The van der Waals surface area contributed by atoms with Crippen LogP contribution >= 0.6 is 23.2 Å². The normalized spacial score (nSPS) is 17.4. The van der Waals surface area contributed by atoms with Crippen molar-refractivity contribution >= 4 is 46.0 Å². The van der Waals surface area contributed by atoms with Crippen LogP contribution in [-0.2, 0) is 4.79 Å². The Hall–Kier alpha value is -3.21. The molecule has 1 aliphatic rings. The number of benzene rings is 2. The van der Waals surface area contributed by atoms with Crippen molar-refractivity contribution in [3.05, 3.63) is 40.5 Å². The topological polar surface area (TPSA) is 85.4 Å². The molecule has 33 heavy (non-hydrogen) atoms. The number of terminal acetylenes is 1. The summed E-state index contributed by atoms with van der Waals surface area (Å²) in [5.74, 6) is 3.10. The Morgan fingerprint density at radius 3 is 2.48 bits per heavy atom. The highest BCUT2D eigenvalue weighted by Gasteiger charge is 2.29. The fourth-order valence-corrected chi connectivity index (χ4v) is 4.80. The number of aromatic nitrogens is 2. The third-order valence-electron chi connectivity index (χ3n) is 5.72. The van der Waals surface area contributed by atoms with Crippen LogP contribution in [0.4, 0.5) is 5.95 Å². The Labute approximate surface area is 201 Å². The standard InChI is InChI=1S/C24H22Cl2N4O3/c1-4-20(31)28-16-6-5-7-17(16)30-24-27-12-14-10-13(8-9-15(14)29-24)21-22(25)18(32-2)11-19(33-3)23(21)26/h1,8-12,16-17H,5-7H2,2-3H3,(H,28,31)(H,27,29,30)/t16-,17+/m0/s1. The molecule has 0 bridgehead atoms. The number of halogens is 2. The zero-order chi connectivity index (χ0) is 23.5. The smallest absolute Gasteiger partial charge is 0.295 e. The third kappa shape index (κ3) is 4.63. The van der Waals surface area contributed by atoms with Crippen LogP contribution in [0.5, 0.6) is 11.5 Å². The quantitative estimate of drug-likeness (QED) is 0.493. The highest BCUT2D eigenvalue weighted by atomic mass is 35.5. The van der Waals surface area contributed by atoms with E-state index in [4.69, 9.17) is 39.1 Å². The third-order valence-corrected chi connectivity index (χ3v) is 6.47. The van der Waals surface area contributed by atoms with Crippen molar-refractivity contribution in [2.75, 3.05) is 19.5 Å². The molecule has 3 aromatic rings. The zero-order valence-corrected chi connectivity index (χ0v) is 19.6. The summed E-state index contributed by atoms with van der Waals surface area (Å²) < 4.78 is 10.7. The first-order valence-corrected chi connectivity index (χ1v) is 11.1. The maximum atomic E-state index is 11.6. The number of hydrogen-bond acceptors (Lipinski definition) is 6. The number of rotatable bonds is 6. The van der Waals surface area contributed by atoms with E-state index in [0.29, 0.717) is 33.1 Å². The summed E-state index contributed by atoms with van der Waals surface area (Å²) in [5.41, 5.74) is 2.14. The first-order valence-electron chi connectivity index (χ1n) is 10.4. The van der Waals surface area contributed by atoms with E-state index in [-0.39, 0.29) is 12.1 Å². The van der Waals surface area contributed by atoms with Crippen LogP contribution < -0.4 is 20.1 Å². The minimum atomic E-state index is -0.410. The fraction of sp³-hybridized carbons (Fsp3) is 0.292. The molecular weight excluding hydrogens is 463 g/mol. The Morgan fingerprint density at radius 2 is 1.82 bits per heavy atom. The van der Waals surface area contributed by atoms with Crippen LogP contribution in [-0.4, -0.2) is 42.2 Å². The second kappa shape index (κ2) is 9.74. The van der Waals surface area contributed by atoms with Gasteiger partial charge in [0.2, 0.25) is 5.95 Å². The number of anilines is 1. The maximum Gasteiger partial charge on any atom is 0.295 e. The summed E-state index contributed by atoms with van der Waals surface area (Å²) in [5, 5.41) is 7.78. The molecule has 0 aliphatic heterocycles. The molecule has 0 unspecified atom stereocenters. The van der Waals surface area contributed by atoms with E-state index < -0.39 is 5.91 Å². The van der Waals surface area contributed by atoms with Gasteiger partial charge in [0.1, 0.15) is 11.5 Å². The molecule has 0 spiro atoms. The number of carbonyl (C=O) groups excluding carboxylic acids is 1. The summed E-state index contributed by atoms with van der Waals surface area (Å²) >= 11 is 13.1. The van der Waals surface area contributed by atoms with Gasteiger partial charge in [-0.25, -0.2) is 9.97 Å². The number of nitrogens with one attached hydrogen (secondary N) is 2. The van der Waals surface area contributed by atoms with Crippen molar-refractivity contribution in [2.45, 2.75) is 31.3 Å². The molecule has 7 nitrogen and oxygen atoms in total. The lowest BCUT2D eigenvalue weighted by atomic mass is 10.0. The first-order chi connectivity index (χ1) is 15.9. The van der Waals surface area contributed by atoms with Crippen LogP contribution in [0.25, 0.3) is 22.0 Å². The van der Waals surface area contributed by atoms with Gasteiger partial charge in [-0.3, -0.25) is 4.79 Å².